The number of carbonyl (C=O) groups is 1. The van der Waals surface area contributed by atoms with Crippen molar-refractivity contribution in [2.45, 2.75) is 44.6 Å². The van der Waals surface area contributed by atoms with Gasteiger partial charge in [0.05, 0.1) is 18.4 Å². The summed E-state index contributed by atoms with van der Waals surface area (Å²) >= 11 is 0. The molecule has 9 heteroatoms. The van der Waals surface area contributed by atoms with Crippen LogP contribution in [0.25, 0.3) is 0 Å². The highest BCUT2D eigenvalue weighted by atomic mass is 32.2. The molecule has 0 saturated heterocycles. The molecule has 31 heavy (non-hydrogen) atoms. The number of benzene rings is 1. The van der Waals surface area contributed by atoms with Crippen LogP contribution < -0.4 is 10.1 Å². The Kier molecular flexibility index (Phi) is 10.8. The normalized spacial score (nSPS) is 13.1. The van der Waals surface area contributed by atoms with Crippen molar-refractivity contribution in [2.24, 2.45) is 4.40 Å². The molecule has 0 aliphatic heterocycles. The van der Waals surface area contributed by atoms with Crippen LogP contribution in [0, 0.1) is 0 Å². The van der Waals surface area contributed by atoms with E-state index in [2.05, 4.69) is 9.71 Å². The standard InChI is InChI=1S/C22H33N3O5S/c1-7-9-11-12-17(3)30-21-19(23-13-10-8-2)14-18(22(26)29-6)15-20(21)31(27,28)24-16-25(4)5/h7,9,11-12,14-17,23H,8,10,13H2,1-6H3/b9-7-,12-11-,24-16-. The van der Waals surface area contributed by atoms with Crippen LogP contribution in [0.1, 0.15) is 44.0 Å². The molecular weight excluding hydrogens is 418 g/mol. The molecule has 1 unspecified atom stereocenters. The van der Waals surface area contributed by atoms with Crippen LogP contribution in [-0.4, -0.2) is 59.5 Å². The summed E-state index contributed by atoms with van der Waals surface area (Å²) in [6.07, 6.45) is 9.89. The monoisotopic (exact) mass is 451 g/mol. The summed E-state index contributed by atoms with van der Waals surface area (Å²) in [7, 11) is 0.402. The van der Waals surface area contributed by atoms with Crippen molar-refractivity contribution in [2.75, 3.05) is 33.1 Å². The van der Waals surface area contributed by atoms with E-state index in [1.165, 1.54) is 30.5 Å². The van der Waals surface area contributed by atoms with Gasteiger partial charge in [-0.25, -0.2) is 4.79 Å². The van der Waals surface area contributed by atoms with Gasteiger partial charge in [-0.1, -0.05) is 31.6 Å². The van der Waals surface area contributed by atoms with Crippen molar-refractivity contribution >= 4 is 28.0 Å². The summed E-state index contributed by atoms with van der Waals surface area (Å²) < 4.78 is 40.6. The molecule has 0 saturated carbocycles. The van der Waals surface area contributed by atoms with Gasteiger partial charge in [0.15, 0.2) is 5.75 Å². The largest absolute Gasteiger partial charge is 0.483 e. The molecule has 172 valence electrons. The van der Waals surface area contributed by atoms with Crippen LogP contribution in [0.15, 0.2) is 45.7 Å². The van der Waals surface area contributed by atoms with Crippen molar-refractivity contribution in [1.82, 2.24) is 4.90 Å². The van der Waals surface area contributed by atoms with Crippen molar-refractivity contribution in [1.29, 1.82) is 0 Å². The van der Waals surface area contributed by atoms with Gasteiger partial charge in [0.2, 0.25) is 0 Å². The second kappa shape index (κ2) is 12.8. The highest BCUT2D eigenvalue weighted by Crippen LogP contribution is 2.36. The maximum Gasteiger partial charge on any atom is 0.337 e. The number of nitrogens with one attached hydrogen (secondary N) is 1. The average Bonchev–Trinajstić information content (AvgIpc) is 2.72. The van der Waals surface area contributed by atoms with E-state index in [0.717, 1.165) is 12.8 Å². The van der Waals surface area contributed by atoms with E-state index in [1.807, 2.05) is 32.1 Å². The Balaban J connectivity index is 3.65. The third-order valence-electron chi connectivity index (χ3n) is 4.01. The zero-order valence-electron chi connectivity index (χ0n) is 19.1. The van der Waals surface area contributed by atoms with Crippen LogP contribution in [0.5, 0.6) is 5.75 Å². The predicted octanol–water partition coefficient (Wildman–Crippen LogP) is 3.86. The third kappa shape index (κ3) is 8.45. The van der Waals surface area contributed by atoms with Gasteiger partial charge >= 0.3 is 5.97 Å². The first-order chi connectivity index (χ1) is 14.7. The number of sulfonamides is 1. The number of unbranched alkanes of at least 4 members (excludes halogenated alkanes) is 1. The quantitative estimate of drug-likeness (QED) is 0.169. The molecule has 0 aromatic heterocycles. The zero-order valence-corrected chi connectivity index (χ0v) is 19.9. The van der Waals surface area contributed by atoms with Gasteiger partial charge in [-0.3, -0.25) is 0 Å². The molecule has 1 atom stereocenters. The molecular formula is C22H33N3O5S. The smallest absolute Gasteiger partial charge is 0.337 e. The Morgan fingerprint density at radius 1 is 1.29 bits per heavy atom. The lowest BCUT2D eigenvalue weighted by molar-refractivity contribution is 0.0600. The van der Waals surface area contributed by atoms with Gasteiger partial charge in [0, 0.05) is 20.6 Å². The molecule has 0 aliphatic rings. The lowest BCUT2D eigenvalue weighted by atomic mass is 10.1. The molecule has 0 bridgehead atoms. The minimum atomic E-state index is -4.16. The van der Waals surface area contributed by atoms with Crippen LogP contribution >= 0.6 is 0 Å². The lowest BCUT2D eigenvalue weighted by Crippen LogP contribution is -2.16. The SMILES string of the molecule is C/C=C\C=C/C(C)Oc1c(NCCCC)cc(C(=O)OC)cc1S(=O)(=O)/N=C\N(C)C. The predicted molar refractivity (Wildman–Crippen MR) is 125 cm³/mol. The molecule has 1 aromatic carbocycles. The first kappa shape index (κ1) is 26.2. The second-order valence-electron chi connectivity index (χ2n) is 7.02. The number of ether oxygens (including phenoxy) is 2. The molecule has 0 spiro atoms. The number of rotatable bonds is 12. The third-order valence-corrected chi connectivity index (χ3v) is 5.24. The Morgan fingerprint density at radius 2 is 2.00 bits per heavy atom. The number of nitrogens with zero attached hydrogens (tertiary/aromatic N) is 2. The Labute approximate surface area is 185 Å². The number of carbonyl (C=O) groups excluding carboxylic acids is 1. The highest BCUT2D eigenvalue weighted by Gasteiger charge is 2.26. The topological polar surface area (TPSA) is 97.3 Å². The molecule has 0 radical (unpaired) electrons. The summed E-state index contributed by atoms with van der Waals surface area (Å²) in [6, 6.07) is 2.77. The van der Waals surface area contributed by atoms with E-state index in [9.17, 15) is 13.2 Å². The number of esters is 1. The highest BCUT2D eigenvalue weighted by molar-refractivity contribution is 7.90. The maximum atomic E-state index is 13.0. The van der Waals surface area contributed by atoms with Crippen molar-refractivity contribution < 1.29 is 22.7 Å². The first-order valence-electron chi connectivity index (χ1n) is 10.1. The summed E-state index contributed by atoms with van der Waals surface area (Å²) in [5.74, 6) is -0.545. The number of hydrogen-bond donors (Lipinski definition) is 1. The molecule has 8 nitrogen and oxygen atoms in total. The zero-order chi connectivity index (χ0) is 23.4. The average molecular weight is 452 g/mol. The molecule has 0 fully saturated rings. The van der Waals surface area contributed by atoms with E-state index in [0.29, 0.717) is 12.2 Å². The van der Waals surface area contributed by atoms with E-state index >= 15 is 0 Å². The number of allylic oxidation sites excluding steroid dienone is 3. The number of anilines is 1. The number of methoxy groups -OCH3 is 1. The molecule has 1 N–H and O–H groups in total. The first-order valence-corrected chi connectivity index (χ1v) is 11.5. The Hall–Kier alpha value is -2.81. The van der Waals surface area contributed by atoms with Crippen molar-refractivity contribution in [3.05, 3.63) is 42.0 Å². The van der Waals surface area contributed by atoms with E-state index in [1.54, 1.807) is 27.1 Å². The van der Waals surface area contributed by atoms with Gasteiger partial charge in [0.25, 0.3) is 10.0 Å². The minimum absolute atomic E-state index is 0.0876. The fourth-order valence-corrected chi connectivity index (χ4v) is 3.55. The summed E-state index contributed by atoms with van der Waals surface area (Å²) in [6.45, 7) is 6.32. The second-order valence-corrected chi connectivity index (χ2v) is 8.62. The molecule has 0 aliphatic carbocycles. The Bertz CT molecular complexity index is 921. The maximum absolute atomic E-state index is 13.0. The van der Waals surface area contributed by atoms with E-state index in [-0.39, 0.29) is 16.2 Å². The van der Waals surface area contributed by atoms with E-state index < -0.39 is 22.1 Å². The van der Waals surface area contributed by atoms with Crippen LogP contribution in [0.3, 0.4) is 0 Å². The van der Waals surface area contributed by atoms with Gasteiger partial charge in [-0.05, 0) is 38.5 Å². The minimum Gasteiger partial charge on any atom is -0.483 e. The fraction of sp³-hybridized carbons (Fsp3) is 0.455. The van der Waals surface area contributed by atoms with Gasteiger partial charge in [-0.2, -0.15) is 8.42 Å². The summed E-state index contributed by atoms with van der Waals surface area (Å²) in [5, 5.41) is 3.19. The van der Waals surface area contributed by atoms with Crippen LogP contribution in [0.2, 0.25) is 0 Å². The van der Waals surface area contributed by atoms with Crippen molar-refractivity contribution in [3.8, 4) is 5.75 Å². The molecule has 1 rings (SSSR count). The van der Waals surface area contributed by atoms with Gasteiger partial charge < -0.3 is 19.7 Å². The summed E-state index contributed by atoms with van der Waals surface area (Å²) in [4.78, 5) is 13.5. The van der Waals surface area contributed by atoms with Crippen LogP contribution in [0.4, 0.5) is 5.69 Å². The van der Waals surface area contributed by atoms with Gasteiger partial charge in [-0.15, -0.1) is 4.40 Å². The van der Waals surface area contributed by atoms with Crippen molar-refractivity contribution in [3.63, 3.8) is 0 Å². The molecule has 0 amide bonds. The lowest BCUT2D eigenvalue weighted by Gasteiger charge is -2.20. The Morgan fingerprint density at radius 3 is 2.58 bits per heavy atom. The fourth-order valence-electron chi connectivity index (χ4n) is 2.45. The molecule has 1 aromatic rings. The summed E-state index contributed by atoms with van der Waals surface area (Å²) in [5.41, 5.74) is 0.478. The van der Waals surface area contributed by atoms with Gasteiger partial charge in [0.1, 0.15) is 17.3 Å². The van der Waals surface area contributed by atoms with E-state index in [4.69, 9.17) is 9.47 Å². The molecule has 0 heterocycles. The van der Waals surface area contributed by atoms with Crippen LogP contribution in [-0.2, 0) is 14.8 Å². The number of hydrogen-bond acceptors (Lipinski definition) is 6.